The quantitative estimate of drug-likeness (QED) is 0.894. The molecule has 0 aliphatic rings. The molecule has 0 bridgehead atoms. The first-order valence-electron chi connectivity index (χ1n) is 6.17. The van der Waals surface area contributed by atoms with Crippen molar-refractivity contribution in [3.05, 3.63) is 70.2 Å². The molecule has 2 aromatic carbocycles. The van der Waals surface area contributed by atoms with Gasteiger partial charge in [-0.15, -0.1) is 0 Å². The van der Waals surface area contributed by atoms with Gasteiger partial charge in [0.05, 0.1) is 6.42 Å². The number of hydrogen-bond acceptors (Lipinski definition) is 1. The molecule has 98 valence electrons. The van der Waals surface area contributed by atoms with Gasteiger partial charge in [-0.05, 0) is 29.5 Å². The van der Waals surface area contributed by atoms with Crippen molar-refractivity contribution in [2.45, 2.75) is 18.8 Å². The highest BCUT2D eigenvalue weighted by Gasteiger charge is 2.17. The molecule has 1 unspecified atom stereocenters. The molecule has 1 N–H and O–H groups in total. The van der Waals surface area contributed by atoms with Crippen LogP contribution in [0.25, 0.3) is 0 Å². The summed E-state index contributed by atoms with van der Waals surface area (Å²) in [7, 11) is 0. The summed E-state index contributed by atoms with van der Waals surface area (Å²) in [6, 6.07) is 17.8. The summed E-state index contributed by atoms with van der Waals surface area (Å²) in [6.45, 7) is 0. The Labute approximate surface area is 121 Å². The summed E-state index contributed by atoms with van der Waals surface area (Å²) >= 11 is 3.52. The Hall–Kier alpha value is -1.61. The van der Waals surface area contributed by atoms with Crippen molar-refractivity contribution in [1.29, 1.82) is 0 Å². The summed E-state index contributed by atoms with van der Waals surface area (Å²) < 4.78 is 1.03. The minimum absolute atomic E-state index is 0.00241. The zero-order valence-electron chi connectivity index (χ0n) is 10.4. The molecule has 0 spiro atoms. The molecule has 19 heavy (non-hydrogen) atoms. The lowest BCUT2D eigenvalue weighted by Gasteiger charge is -2.16. The second-order valence-electron chi connectivity index (χ2n) is 4.50. The third-order valence-corrected chi connectivity index (χ3v) is 3.89. The van der Waals surface area contributed by atoms with Crippen molar-refractivity contribution >= 4 is 21.9 Å². The average molecular weight is 319 g/mol. The van der Waals surface area contributed by atoms with E-state index in [9.17, 15) is 4.79 Å². The van der Waals surface area contributed by atoms with E-state index < -0.39 is 5.97 Å². The second kappa shape index (κ2) is 6.53. The zero-order valence-corrected chi connectivity index (χ0v) is 12.0. The smallest absolute Gasteiger partial charge is 0.303 e. The zero-order chi connectivity index (χ0) is 13.7. The number of carboxylic acids is 1. The number of benzene rings is 2. The largest absolute Gasteiger partial charge is 0.481 e. The predicted molar refractivity (Wildman–Crippen MR) is 79.3 cm³/mol. The van der Waals surface area contributed by atoms with Crippen molar-refractivity contribution in [3.63, 3.8) is 0 Å². The van der Waals surface area contributed by atoms with Gasteiger partial charge in [0.1, 0.15) is 0 Å². The van der Waals surface area contributed by atoms with Crippen LogP contribution >= 0.6 is 15.9 Å². The van der Waals surface area contributed by atoms with Crippen LogP contribution in [0, 0.1) is 0 Å². The molecule has 0 heterocycles. The van der Waals surface area contributed by atoms with Crippen molar-refractivity contribution in [2.24, 2.45) is 0 Å². The van der Waals surface area contributed by atoms with Crippen LogP contribution in [0.15, 0.2) is 59.1 Å². The van der Waals surface area contributed by atoms with E-state index in [1.165, 1.54) is 0 Å². The lowest BCUT2D eigenvalue weighted by Crippen LogP contribution is -2.09. The van der Waals surface area contributed by atoms with E-state index in [0.29, 0.717) is 0 Å². The van der Waals surface area contributed by atoms with Crippen molar-refractivity contribution in [3.8, 4) is 0 Å². The molecule has 0 fully saturated rings. The third-order valence-electron chi connectivity index (χ3n) is 3.12. The van der Waals surface area contributed by atoms with E-state index in [-0.39, 0.29) is 12.3 Å². The Kier molecular flexibility index (Phi) is 4.74. The molecular weight excluding hydrogens is 304 g/mol. The number of aliphatic carboxylic acids is 1. The van der Waals surface area contributed by atoms with E-state index in [1.54, 1.807) is 0 Å². The van der Waals surface area contributed by atoms with Crippen LogP contribution in [-0.2, 0) is 11.2 Å². The topological polar surface area (TPSA) is 37.3 Å². The molecule has 0 saturated carbocycles. The molecule has 0 aliphatic heterocycles. The van der Waals surface area contributed by atoms with E-state index in [0.717, 1.165) is 22.0 Å². The fraction of sp³-hybridized carbons (Fsp3) is 0.188. The van der Waals surface area contributed by atoms with Crippen LogP contribution in [0.4, 0.5) is 0 Å². The average Bonchev–Trinajstić information content (AvgIpc) is 2.41. The first-order chi connectivity index (χ1) is 9.16. The van der Waals surface area contributed by atoms with Gasteiger partial charge in [-0.2, -0.15) is 0 Å². The maximum absolute atomic E-state index is 11.0. The molecule has 0 amide bonds. The summed E-state index contributed by atoms with van der Waals surface area (Å²) in [5.74, 6) is -0.765. The fourth-order valence-corrected chi connectivity index (χ4v) is 2.62. The van der Waals surface area contributed by atoms with Crippen molar-refractivity contribution in [2.75, 3.05) is 0 Å². The number of rotatable bonds is 5. The highest BCUT2D eigenvalue weighted by Crippen LogP contribution is 2.27. The van der Waals surface area contributed by atoms with Crippen LogP contribution in [0.1, 0.15) is 23.5 Å². The standard InChI is InChI=1S/C16H15BrO2/c17-15-9-5-4-8-13(15)10-14(11-16(18)19)12-6-2-1-3-7-12/h1-9,14H,10-11H2,(H,18,19). The van der Waals surface area contributed by atoms with E-state index in [2.05, 4.69) is 15.9 Å². The van der Waals surface area contributed by atoms with E-state index in [4.69, 9.17) is 5.11 Å². The van der Waals surface area contributed by atoms with Gasteiger partial charge in [0.25, 0.3) is 0 Å². The summed E-state index contributed by atoms with van der Waals surface area (Å²) in [6.07, 6.45) is 0.864. The van der Waals surface area contributed by atoms with Gasteiger partial charge in [-0.25, -0.2) is 0 Å². The van der Waals surface area contributed by atoms with Crippen molar-refractivity contribution in [1.82, 2.24) is 0 Å². The highest BCUT2D eigenvalue weighted by molar-refractivity contribution is 9.10. The molecule has 2 nitrogen and oxygen atoms in total. The molecule has 0 aliphatic carbocycles. The summed E-state index contributed by atoms with van der Waals surface area (Å²) in [4.78, 5) is 11.0. The molecule has 0 aromatic heterocycles. The van der Waals surface area contributed by atoms with Gasteiger partial charge in [-0.3, -0.25) is 4.79 Å². The van der Waals surface area contributed by atoms with Crippen LogP contribution in [0.2, 0.25) is 0 Å². The van der Waals surface area contributed by atoms with Crippen LogP contribution < -0.4 is 0 Å². The first-order valence-corrected chi connectivity index (χ1v) is 6.96. The minimum Gasteiger partial charge on any atom is -0.481 e. The van der Waals surface area contributed by atoms with Gasteiger partial charge >= 0.3 is 5.97 Å². The SMILES string of the molecule is O=C(O)CC(Cc1ccccc1Br)c1ccccc1. The number of carbonyl (C=O) groups is 1. The Morgan fingerprint density at radius 2 is 1.68 bits per heavy atom. The third kappa shape index (κ3) is 3.93. The molecule has 2 rings (SSSR count). The number of halogens is 1. The fourth-order valence-electron chi connectivity index (χ4n) is 2.17. The lowest BCUT2D eigenvalue weighted by atomic mass is 9.89. The van der Waals surface area contributed by atoms with Gasteiger partial charge in [-0.1, -0.05) is 64.5 Å². The number of hydrogen-bond donors (Lipinski definition) is 1. The highest BCUT2D eigenvalue weighted by atomic mass is 79.9. The normalized spacial score (nSPS) is 12.1. The molecule has 3 heteroatoms. The number of carboxylic acid groups (broad SMARTS) is 1. The summed E-state index contributed by atoms with van der Waals surface area (Å²) in [5.41, 5.74) is 2.21. The molecule has 0 saturated heterocycles. The van der Waals surface area contributed by atoms with Gasteiger partial charge in [0.2, 0.25) is 0 Å². The van der Waals surface area contributed by atoms with Gasteiger partial charge in [0.15, 0.2) is 0 Å². The molecule has 2 aromatic rings. The van der Waals surface area contributed by atoms with E-state index >= 15 is 0 Å². The first kappa shape index (κ1) is 13.8. The van der Waals surface area contributed by atoms with Gasteiger partial charge in [0, 0.05) is 4.47 Å². The Morgan fingerprint density at radius 3 is 2.32 bits per heavy atom. The Bertz CT molecular complexity index is 552. The molecule has 0 radical (unpaired) electrons. The van der Waals surface area contributed by atoms with Crippen LogP contribution in [-0.4, -0.2) is 11.1 Å². The second-order valence-corrected chi connectivity index (χ2v) is 5.36. The summed E-state index contributed by atoms with van der Waals surface area (Å²) in [5, 5.41) is 9.08. The predicted octanol–water partition coefficient (Wildman–Crippen LogP) is 4.25. The van der Waals surface area contributed by atoms with E-state index in [1.807, 2.05) is 54.6 Å². The Morgan fingerprint density at radius 1 is 1.05 bits per heavy atom. The lowest BCUT2D eigenvalue weighted by molar-refractivity contribution is -0.137. The Balaban J connectivity index is 2.24. The maximum atomic E-state index is 11.0. The van der Waals surface area contributed by atoms with Crippen molar-refractivity contribution < 1.29 is 9.90 Å². The molecular formula is C16H15BrO2. The monoisotopic (exact) mass is 318 g/mol. The maximum Gasteiger partial charge on any atom is 0.303 e. The van der Waals surface area contributed by atoms with Crippen LogP contribution in [0.5, 0.6) is 0 Å². The van der Waals surface area contributed by atoms with Crippen LogP contribution in [0.3, 0.4) is 0 Å². The minimum atomic E-state index is -0.763. The van der Waals surface area contributed by atoms with Gasteiger partial charge < -0.3 is 5.11 Å². The molecule has 1 atom stereocenters.